The smallest absolute Gasteiger partial charge is 0.275 e. The number of carbonyl (C=O) groups is 1. The quantitative estimate of drug-likeness (QED) is 0.854. The van der Waals surface area contributed by atoms with Gasteiger partial charge in [-0.2, -0.15) is 9.49 Å². The number of aromatic nitrogens is 2. The molecular formula is C13H14FN3O4. The third kappa shape index (κ3) is 2.62. The Morgan fingerprint density at radius 1 is 1.62 bits per heavy atom. The van der Waals surface area contributed by atoms with Gasteiger partial charge in [0.05, 0.1) is 12.8 Å². The van der Waals surface area contributed by atoms with Crippen molar-refractivity contribution in [3.63, 3.8) is 0 Å². The maximum Gasteiger partial charge on any atom is 0.275 e. The van der Waals surface area contributed by atoms with E-state index in [1.165, 1.54) is 10.9 Å². The van der Waals surface area contributed by atoms with Gasteiger partial charge < -0.3 is 19.6 Å². The highest BCUT2D eigenvalue weighted by atomic mass is 19.1. The second-order valence-corrected chi connectivity index (χ2v) is 4.62. The Balaban J connectivity index is 1.55. The van der Waals surface area contributed by atoms with Crippen LogP contribution in [0.25, 0.3) is 0 Å². The van der Waals surface area contributed by atoms with Gasteiger partial charge in [-0.25, -0.2) is 4.68 Å². The number of carbonyl (C=O) groups excluding carboxylic acids is 1. The van der Waals surface area contributed by atoms with Crippen molar-refractivity contribution in [1.29, 1.82) is 0 Å². The van der Waals surface area contributed by atoms with E-state index < -0.39 is 17.8 Å². The van der Waals surface area contributed by atoms with Crippen molar-refractivity contribution in [2.75, 3.05) is 13.2 Å². The fraction of sp³-hybridized carbons (Fsp3) is 0.385. The van der Waals surface area contributed by atoms with Crippen LogP contribution >= 0.6 is 0 Å². The number of fused-ring (bicyclic) bond motifs is 1. The minimum absolute atomic E-state index is 0.00392. The van der Waals surface area contributed by atoms with E-state index in [2.05, 4.69) is 10.4 Å². The molecule has 0 fully saturated rings. The van der Waals surface area contributed by atoms with Gasteiger partial charge >= 0.3 is 0 Å². The standard InChI is InChI=1S/C13H14FN3O4/c14-10-11(16-17-5-7-21-13(10)17)12(19)15-4-3-8(18)9-2-1-6-20-9/h1-2,6,8,18H,3-5,7H2,(H,15,19). The Morgan fingerprint density at radius 3 is 3.19 bits per heavy atom. The zero-order valence-corrected chi connectivity index (χ0v) is 11.1. The Kier molecular flexibility index (Phi) is 3.61. The molecule has 8 heteroatoms. The van der Waals surface area contributed by atoms with Crippen molar-refractivity contribution in [2.45, 2.75) is 19.1 Å². The molecule has 2 N–H and O–H groups in total. The highest BCUT2D eigenvalue weighted by molar-refractivity contribution is 5.92. The molecule has 1 aliphatic heterocycles. The summed E-state index contributed by atoms with van der Waals surface area (Å²) in [6.45, 7) is 0.955. The predicted octanol–water partition coefficient (Wildman–Crippen LogP) is 0.861. The summed E-state index contributed by atoms with van der Waals surface area (Å²) in [5.74, 6) is -0.971. The molecule has 2 aromatic rings. The van der Waals surface area contributed by atoms with E-state index in [-0.39, 0.29) is 24.5 Å². The number of nitrogens with one attached hydrogen (secondary N) is 1. The van der Waals surface area contributed by atoms with Crippen molar-refractivity contribution >= 4 is 5.91 Å². The van der Waals surface area contributed by atoms with Crippen LogP contribution in [0.2, 0.25) is 0 Å². The third-order valence-corrected chi connectivity index (χ3v) is 3.18. The molecule has 0 radical (unpaired) electrons. The molecule has 2 aromatic heterocycles. The minimum Gasteiger partial charge on any atom is -0.474 e. The summed E-state index contributed by atoms with van der Waals surface area (Å²) in [5.41, 5.74) is -0.294. The fourth-order valence-electron chi connectivity index (χ4n) is 2.12. The van der Waals surface area contributed by atoms with Crippen LogP contribution in [0, 0.1) is 5.82 Å². The van der Waals surface area contributed by atoms with Gasteiger partial charge in [0.15, 0.2) is 5.69 Å². The molecule has 112 valence electrons. The number of ether oxygens (including phenoxy) is 1. The molecule has 21 heavy (non-hydrogen) atoms. The van der Waals surface area contributed by atoms with Crippen LogP contribution in [0.1, 0.15) is 28.8 Å². The molecule has 0 spiro atoms. The monoisotopic (exact) mass is 295 g/mol. The molecule has 0 saturated carbocycles. The molecule has 3 rings (SSSR count). The van der Waals surface area contributed by atoms with E-state index in [4.69, 9.17) is 9.15 Å². The van der Waals surface area contributed by atoms with E-state index in [0.29, 0.717) is 18.9 Å². The highest BCUT2D eigenvalue weighted by Gasteiger charge is 2.27. The number of rotatable bonds is 5. The van der Waals surface area contributed by atoms with Gasteiger partial charge in [-0.1, -0.05) is 0 Å². The molecule has 1 aliphatic rings. The van der Waals surface area contributed by atoms with E-state index in [0.717, 1.165) is 0 Å². The van der Waals surface area contributed by atoms with Crippen LogP contribution in [0.15, 0.2) is 22.8 Å². The second kappa shape index (κ2) is 5.57. The lowest BCUT2D eigenvalue weighted by atomic mass is 10.2. The van der Waals surface area contributed by atoms with Gasteiger partial charge in [0.25, 0.3) is 5.91 Å². The predicted molar refractivity (Wildman–Crippen MR) is 68.3 cm³/mol. The normalized spacial score (nSPS) is 14.6. The van der Waals surface area contributed by atoms with Crippen LogP contribution in [0.5, 0.6) is 5.88 Å². The topological polar surface area (TPSA) is 89.5 Å². The SMILES string of the molecule is O=C(NCCC(O)c1ccco1)c1nn2c(c1F)OCC2. The van der Waals surface area contributed by atoms with Crippen LogP contribution in [0.4, 0.5) is 4.39 Å². The number of halogens is 1. The Hall–Kier alpha value is -2.35. The Bertz CT molecular complexity index is 638. The number of nitrogens with zero attached hydrogens (tertiary/aromatic N) is 2. The van der Waals surface area contributed by atoms with Gasteiger partial charge in [0, 0.05) is 6.54 Å². The largest absolute Gasteiger partial charge is 0.474 e. The lowest BCUT2D eigenvalue weighted by Crippen LogP contribution is -2.27. The average molecular weight is 295 g/mol. The van der Waals surface area contributed by atoms with E-state index in [1.807, 2.05) is 0 Å². The zero-order valence-electron chi connectivity index (χ0n) is 11.1. The summed E-state index contributed by atoms with van der Waals surface area (Å²) >= 11 is 0. The van der Waals surface area contributed by atoms with Gasteiger partial charge in [-0.3, -0.25) is 4.79 Å². The summed E-state index contributed by atoms with van der Waals surface area (Å²) in [4.78, 5) is 11.9. The molecule has 1 unspecified atom stereocenters. The molecule has 3 heterocycles. The summed E-state index contributed by atoms with van der Waals surface area (Å²) in [5, 5.41) is 16.2. The lowest BCUT2D eigenvalue weighted by molar-refractivity contribution is 0.0926. The minimum atomic E-state index is -0.819. The maximum absolute atomic E-state index is 13.9. The van der Waals surface area contributed by atoms with Gasteiger partial charge in [-0.15, -0.1) is 0 Å². The van der Waals surface area contributed by atoms with Crippen molar-refractivity contribution in [3.05, 3.63) is 35.7 Å². The van der Waals surface area contributed by atoms with Crippen LogP contribution in [-0.2, 0) is 6.54 Å². The first kappa shape index (κ1) is 13.6. The Morgan fingerprint density at radius 2 is 2.48 bits per heavy atom. The van der Waals surface area contributed by atoms with E-state index in [9.17, 15) is 14.3 Å². The first-order valence-corrected chi connectivity index (χ1v) is 6.55. The van der Waals surface area contributed by atoms with Crippen molar-refractivity contribution < 1.29 is 23.4 Å². The summed E-state index contributed by atoms with van der Waals surface area (Å²) in [7, 11) is 0. The van der Waals surface area contributed by atoms with Crippen LogP contribution < -0.4 is 10.1 Å². The third-order valence-electron chi connectivity index (χ3n) is 3.18. The van der Waals surface area contributed by atoms with E-state index in [1.54, 1.807) is 12.1 Å². The average Bonchev–Trinajstić information content (AvgIpc) is 3.17. The maximum atomic E-state index is 13.9. The molecule has 0 aliphatic carbocycles. The van der Waals surface area contributed by atoms with Crippen molar-refractivity contribution in [3.8, 4) is 5.88 Å². The fourth-order valence-corrected chi connectivity index (χ4v) is 2.12. The number of hydrogen-bond donors (Lipinski definition) is 2. The lowest BCUT2D eigenvalue weighted by Gasteiger charge is -2.08. The molecule has 0 saturated heterocycles. The number of amides is 1. The zero-order chi connectivity index (χ0) is 14.8. The van der Waals surface area contributed by atoms with E-state index >= 15 is 0 Å². The van der Waals surface area contributed by atoms with Gasteiger partial charge in [0.1, 0.15) is 18.5 Å². The molecule has 7 nitrogen and oxygen atoms in total. The first-order valence-electron chi connectivity index (χ1n) is 6.55. The molecule has 1 atom stereocenters. The van der Waals surface area contributed by atoms with Crippen LogP contribution in [0.3, 0.4) is 0 Å². The van der Waals surface area contributed by atoms with Gasteiger partial charge in [0.2, 0.25) is 11.7 Å². The number of hydrogen-bond acceptors (Lipinski definition) is 5. The van der Waals surface area contributed by atoms with Crippen LogP contribution in [-0.4, -0.2) is 33.9 Å². The first-order chi connectivity index (χ1) is 10.2. The van der Waals surface area contributed by atoms with Crippen molar-refractivity contribution in [2.24, 2.45) is 0 Å². The second-order valence-electron chi connectivity index (χ2n) is 4.62. The summed E-state index contributed by atoms with van der Waals surface area (Å²) in [6, 6.07) is 3.31. The highest BCUT2D eigenvalue weighted by Crippen LogP contribution is 2.24. The number of furan rings is 1. The van der Waals surface area contributed by atoms with Gasteiger partial charge in [-0.05, 0) is 18.6 Å². The summed E-state index contributed by atoms with van der Waals surface area (Å²) < 4.78 is 25.3. The molecule has 0 bridgehead atoms. The molecule has 0 aromatic carbocycles. The number of aliphatic hydroxyl groups is 1. The van der Waals surface area contributed by atoms with Crippen molar-refractivity contribution in [1.82, 2.24) is 15.1 Å². The number of aliphatic hydroxyl groups excluding tert-OH is 1. The Labute approximate surface area is 119 Å². The molecular weight excluding hydrogens is 281 g/mol. The summed E-state index contributed by atoms with van der Waals surface area (Å²) in [6.07, 6.45) is 0.893. The molecule has 1 amide bonds.